The van der Waals surface area contributed by atoms with E-state index in [0.717, 1.165) is 29.4 Å². The van der Waals surface area contributed by atoms with E-state index in [-0.39, 0.29) is 12.2 Å². The maximum Gasteiger partial charge on any atom is 0.283 e. The first-order valence-electron chi connectivity index (χ1n) is 11.2. The number of benzene rings is 1. The van der Waals surface area contributed by atoms with Gasteiger partial charge in [0.25, 0.3) is 5.89 Å². The van der Waals surface area contributed by atoms with Crippen LogP contribution < -0.4 is 14.2 Å². The molecule has 1 aromatic carbocycles. The number of furan rings is 1. The Morgan fingerprint density at radius 3 is 2.45 bits per heavy atom. The highest BCUT2D eigenvalue weighted by Gasteiger charge is 2.54. The summed E-state index contributed by atoms with van der Waals surface area (Å²) in [6, 6.07) is 9.27. The van der Waals surface area contributed by atoms with Gasteiger partial charge in [0.15, 0.2) is 17.3 Å². The molecule has 7 nitrogen and oxygen atoms in total. The summed E-state index contributed by atoms with van der Waals surface area (Å²) in [6.45, 7) is 0.547. The summed E-state index contributed by atoms with van der Waals surface area (Å²) in [5.41, 5.74) is 0.0951. The summed E-state index contributed by atoms with van der Waals surface area (Å²) in [6.07, 6.45) is 7.79. The van der Waals surface area contributed by atoms with Crippen molar-refractivity contribution in [3.05, 3.63) is 42.0 Å². The number of ether oxygens (including phenoxy) is 3. The van der Waals surface area contributed by atoms with Gasteiger partial charge in [-0.05, 0) is 80.5 Å². The first-order chi connectivity index (χ1) is 15.2. The van der Waals surface area contributed by atoms with Crippen molar-refractivity contribution >= 4 is 0 Å². The van der Waals surface area contributed by atoms with E-state index in [4.69, 9.17) is 23.0 Å². The second kappa shape index (κ2) is 6.52. The zero-order valence-electron chi connectivity index (χ0n) is 17.2. The number of aromatic nitrogens is 2. The van der Waals surface area contributed by atoms with Gasteiger partial charge in [0, 0.05) is 11.5 Å². The maximum absolute atomic E-state index is 6.19. The van der Waals surface area contributed by atoms with Gasteiger partial charge < -0.3 is 23.0 Å². The Morgan fingerprint density at radius 1 is 0.871 bits per heavy atom. The zero-order valence-corrected chi connectivity index (χ0v) is 17.2. The second-order valence-corrected chi connectivity index (χ2v) is 9.68. The third-order valence-corrected chi connectivity index (χ3v) is 7.51. The van der Waals surface area contributed by atoms with E-state index in [1.807, 2.05) is 30.3 Å². The van der Waals surface area contributed by atoms with Crippen molar-refractivity contribution in [2.24, 2.45) is 17.8 Å². The first kappa shape index (κ1) is 17.7. The molecular weight excluding hydrogens is 396 g/mol. The fourth-order valence-corrected chi connectivity index (χ4v) is 6.60. The molecule has 3 aromatic rings. The predicted octanol–water partition coefficient (Wildman–Crippen LogP) is 5.11. The van der Waals surface area contributed by atoms with E-state index in [2.05, 4.69) is 10.2 Å². The Hall–Kier alpha value is -2.96. The van der Waals surface area contributed by atoms with Crippen LogP contribution in [0.5, 0.6) is 17.2 Å². The lowest BCUT2D eigenvalue weighted by molar-refractivity contribution is -0.0176. The Balaban J connectivity index is 1.07. The average molecular weight is 420 g/mol. The molecule has 5 aliphatic rings. The molecule has 4 bridgehead atoms. The van der Waals surface area contributed by atoms with Gasteiger partial charge in [0.05, 0.1) is 0 Å². The van der Waals surface area contributed by atoms with Gasteiger partial charge in [-0.25, -0.2) is 0 Å². The number of fused-ring (bicyclic) bond motifs is 1. The zero-order chi connectivity index (χ0) is 20.4. The maximum atomic E-state index is 6.19. The average Bonchev–Trinajstić information content (AvgIpc) is 3.51. The molecule has 0 atom stereocenters. The van der Waals surface area contributed by atoms with Gasteiger partial charge in [-0.3, -0.25) is 0 Å². The van der Waals surface area contributed by atoms with Gasteiger partial charge in [0.2, 0.25) is 12.7 Å². The van der Waals surface area contributed by atoms with Crippen LogP contribution in [0.3, 0.4) is 0 Å². The molecule has 7 heteroatoms. The molecule has 8 rings (SSSR count). The van der Waals surface area contributed by atoms with Crippen molar-refractivity contribution in [2.45, 2.75) is 50.5 Å². The van der Waals surface area contributed by atoms with Crippen molar-refractivity contribution in [2.75, 3.05) is 6.79 Å². The molecular formula is C24H24N2O5. The normalized spacial score (nSPS) is 30.1. The van der Waals surface area contributed by atoms with Crippen LogP contribution >= 0.6 is 0 Å². The van der Waals surface area contributed by atoms with Crippen LogP contribution in [0.2, 0.25) is 0 Å². The fourth-order valence-electron chi connectivity index (χ4n) is 6.60. The van der Waals surface area contributed by atoms with Crippen molar-refractivity contribution in [3.8, 4) is 28.9 Å². The van der Waals surface area contributed by atoms with Crippen LogP contribution in [0.4, 0.5) is 0 Å². The Labute approximate surface area is 179 Å². The highest BCUT2D eigenvalue weighted by molar-refractivity contribution is 5.47. The smallest absolute Gasteiger partial charge is 0.283 e. The molecule has 1 aliphatic heterocycles. The monoisotopic (exact) mass is 420 g/mol. The lowest BCUT2D eigenvalue weighted by Crippen LogP contribution is -2.48. The van der Waals surface area contributed by atoms with Gasteiger partial charge in [-0.1, -0.05) is 0 Å². The molecule has 4 fully saturated rings. The van der Waals surface area contributed by atoms with Crippen LogP contribution in [0.15, 0.2) is 39.2 Å². The third kappa shape index (κ3) is 2.93. The van der Waals surface area contributed by atoms with E-state index >= 15 is 0 Å². The Morgan fingerprint density at radius 2 is 1.65 bits per heavy atom. The van der Waals surface area contributed by atoms with Crippen LogP contribution in [-0.2, 0) is 12.0 Å². The Kier molecular flexibility index (Phi) is 3.72. The lowest BCUT2D eigenvalue weighted by Gasteiger charge is -2.55. The second-order valence-electron chi connectivity index (χ2n) is 9.68. The number of nitrogens with zero attached hydrogens (tertiary/aromatic N) is 2. The molecule has 31 heavy (non-hydrogen) atoms. The molecule has 0 spiro atoms. The quantitative estimate of drug-likeness (QED) is 0.568. The lowest BCUT2D eigenvalue weighted by atomic mass is 9.49. The SMILES string of the molecule is c1cc2c(cc1OCc1ccc(-c3nnc(C45CC6CC(CC(C6)C4)C5)o3)o1)OCO2. The van der Waals surface area contributed by atoms with Gasteiger partial charge >= 0.3 is 0 Å². The molecule has 4 saturated carbocycles. The predicted molar refractivity (Wildman–Crippen MR) is 109 cm³/mol. The van der Waals surface area contributed by atoms with Crippen molar-refractivity contribution < 1.29 is 23.0 Å². The minimum Gasteiger partial charge on any atom is -0.486 e. The van der Waals surface area contributed by atoms with Gasteiger partial charge in [-0.15, -0.1) is 10.2 Å². The van der Waals surface area contributed by atoms with Crippen LogP contribution in [0.25, 0.3) is 11.7 Å². The van der Waals surface area contributed by atoms with Gasteiger partial charge in [0.1, 0.15) is 18.1 Å². The third-order valence-electron chi connectivity index (χ3n) is 7.51. The van der Waals surface area contributed by atoms with E-state index < -0.39 is 0 Å². The minimum absolute atomic E-state index is 0.0951. The van der Waals surface area contributed by atoms with Crippen molar-refractivity contribution in [1.82, 2.24) is 10.2 Å². The summed E-state index contributed by atoms with van der Waals surface area (Å²) in [4.78, 5) is 0. The van der Waals surface area contributed by atoms with Crippen molar-refractivity contribution in [1.29, 1.82) is 0 Å². The van der Waals surface area contributed by atoms with Gasteiger partial charge in [-0.2, -0.15) is 0 Å². The molecule has 0 radical (unpaired) electrons. The molecule has 0 saturated heterocycles. The van der Waals surface area contributed by atoms with Crippen LogP contribution in [-0.4, -0.2) is 17.0 Å². The highest BCUT2D eigenvalue weighted by Crippen LogP contribution is 2.60. The summed E-state index contributed by atoms with van der Waals surface area (Å²) >= 11 is 0. The van der Waals surface area contributed by atoms with E-state index in [0.29, 0.717) is 35.5 Å². The molecule has 2 aromatic heterocycles. The van der Waals surface area contributed by atoms with Crippen LogP contribution in [0, 0.1) is 17.8 Å². The van der Waals surface area contributed by atoms with E-state index in [1.165, 1.54) is 38.5 Å². The van der Waals surface area contributed by atoms with Crippen molar-refractivity contribution in [3.63, 3.8) is 0 Å². The standard InChI is InChI=1S/C24H24N2O5/c1-3-19-21(29-13-28-19)8-17(1)27-12-18-2-4-20(30-18)22-25-26-23(31-22)24-9-14-5-15(10-24)7-16(6-14)11-24/h1-4,8,14-16H,5-7,9-13H2. The Bertz CT molecular complexity index is 1100. The largest absolute Gasteiger partial charge is 0.486 e. The fraction of sp³-hybridized carbons (Fsp3) is 0.500. The molecule has 0 amide bonds. The summed E-state index contributed by atoms with van der Waals surface area (Å²) in [5.74, 6) is 7.20. The molecule has 0 N–H and O–H groups in total. The molecule has 160 valence electrons. The number of hydrogen-bond donors (Lipinski definition) is 0. The number of rotatable bonds is 5. The topological polar surface area (TPSA) is 79.8 Å². The summed E-state index contributed by atoms with van der Waals surface area (Å²) in [5, 5.41) is 8.82. The summed E-state index contributed by atoms with van der Waals surface area (Å²) < 4.78 is 28.7. The van der Waals surface area contributed by atoms with E-state index in [1.54, 1.807) is 0 Å². The molecule has 4 aliphatic carbocycles. The molecule has 3 heterocycles. The van der Waals surface area contributed by atoms with Crippen LogP contribution in [0.1, 0.15) is 50.2 Å². The molecule has 0 unspecified atom stereocenters. The highest BCUT2D eigenvalue weighted by atomic mass is 16.7. The number of hydrogen-bond acceptors (Lipinski definition) is 7. The van der Waals surface area contributed by atoms with E-state index in [9.17, 15) is 0 Å². The summed E-state index contributed by atoms with van der Waals surface area (Å²) in [7, 11) is 0. The first-order valence-corrected chi connectivity index (χ1v) is 11.2. The minimum atomic E-state index is 0.0951.